The summed E-state index contributed by atoms with van der Waals surface area (Å²) in [7, 11) is 0. The van der Waals surface area contributed by atoms with Crippen molar-refractivity contribution in [2.24, 2.45) is 0 Å². The standard InChI is InChI=1S/C46H29NS2/c1-2-12-35-30(10-1)11-9-16-36(35)31-20-23-33(24-21-31)47(34-25-27-46-41(29-34)39-15-5-8-19-44(39)49-46)42-17-6-3-13-37(42)32-22-26-45-40(28-32)38-14-4-7-18-43(38)48-45/h1-29H. The minimum atomic E-state index is 1.12. The molecule has 3 heteroatoms. The molecular weight excluding hydrogens is 631 g/mol. The maximum atomic E-state index is 2.43. The Labute approximate surface area is 292 Å². The number of anilines is 3. The minimum Gasteiger partial charge on any atom is -0.310 e. The fourth-order valence-corrected chi connectivity index (χ4v) is 9.53. The van der Waals surface area contributed by atoms with Gasteiger partial charge < -0.3 is 4.90 Å². The summed E-state index contributed by atoms with van der Waals surface area (Å²) in [6, 6.07) is 64.5. The quantitative estimate of drug-likeness (QED) is 0.178. The van der Waals surface area contributed by atoms with Gasteiger partial charge in [0, 0.05) is 57.3 Å². The summed E-state index contributed by atoms with van der Waals surface area (Å²) in [4.78, 5) is 2.43. The van der Waals surface area contributed by atoms with Gasteiger partial charge in [-0.05, 0) is 88.1 Å². The molecule has 0 unspecified atom stereocenters. The first-order chi connectivity index (χ1) is 24.3. The number of fused-ring (bicyclic) bond motifs is 7. The summed E-state index contributed by atoms with van der Waals surface area (Å²) in [6.07, 6.45) is 0. The Kier molecular flexibility index (Phi) is 6.61. The first kappa shape index (κ1) is 28.3. The Morgan fingerprint density at radius 2 is 0.857 bits per heavy atom. The van der Waals surface area contributed by atoms with Crippen molar-refractivity contribution in [1.29, 1.82) is 0 Å². The highest BCUT2D eigenvalue weighted by molar-refractivity contribution is 7.26. The lowest BCUT2D eigenvalue weighted by Gasteiger charge is -2.28. The second kappa shape index (κ2) is 11.5. The van der Waals surface area contributed by atoms with E-state index in [0.717, 1.165) is 17.1 Å². The average molecular weight is 660 g/mol. The molecule has 0 saturated heterocycles. The van der Waals surface area contributed by atoms with E-state index in [1.54, 1.807) is 0 Å². The van der Waals surface area contributed by atoms with Gasteiger partial charge in [0.1, 0.15) is 0 Å². The zero-order valence-electron chi connectivity index (χ0n) is 26.5. The van der Waals surface area contributed by atoms with E-state index < -0.39 is 0 Å². The highest BCUT2D eigenvalue weighted by atomic mass is 32.1. The normalized spacial score (nSPS) is 11.7. The molecule has 2 aromatic heterocycles. The summed E-state index contributed by atoms with van der Waals surface area (Å²) in [5.41, 5.74) is 8.29. The molecule has 0 radical (unpaired) electrons. The molecule has 0 aliphatic rings. The third kappa shape index (κ3) is 4.74. The van der Waals surface area contributed by atoms with Gasteiger partial charge in [-0.1, -0.05) is 115 Å². The number of benzene rings is 8. The van der Waals surface area contributed by atoms with Gasteiger partial charge >= 0.3 is 0 Å². The van der Waals surface area contributed by atoms with E-state index in [2.05, 4.69) is 181 Å². The number of hydrogen-bond acceptors (Lipinski definition) is 3. The van der Waals surface area contributed by atoms with Crippen LogP contribution in [0.25, 0.3) is 73.4 Å². The summed E-state index contributed by atoms with van der Waals surface area (Å²) < 4.78 is 5.27. The molecule has 1 nitrogen and oxygen atoms in total. The van der Waals surface area contributed by atoms with Crippen LogP contribution in [-0.2, 0) is 0 Å². The van der Waals surface area contributed by atoms with Gasteiger partial charge in [-0.15, -0.1) is 22.7 Å². The van der Waals surface area contributed by atoms with Crippen LogP contribution in [0.2, 0.25) is 0 Å². The van der Waals surface area contributed by atoms with Gasteiger partial charge in [0.2, 0.25) is 0 Å². The van der Waals surface area contributed by atoms with Crippen molar-refractivity contribution in [3.05, 3.63) is 176 Å². The molecule has 0 aliphatic carbocycles. The fraction of sp³-hybridized carbons (Fsp3) is 0. The molecule has 0 amide bonds. The Balaban J connectivity index is 1.17. The first-order valence-electron chi connectivity index (χ1n) is 16.6. The Morgan fingerprint density at radius 3 is 1.63 bits per heavy atom. The lowest BCUT2D eigenvalue weighted by Crippen LogP contribution is -2.11. The van der Waals surface area contributed by atoms with Crippen LogP contribution in [0.15, 0.2) is 176 Å². The van der Waals surface area contributed by atoms with Gasteiger partial charge in [0.05, 0.1) is 5.69 Å². The van der Waals surface area contributed by atoms with Crippen molar-refractivity contribution >= 4 is 90.9 Å². The number of hydrogen-bond donors (Lipinski definition) is 0. The van der Waals surface area contributed by atoms with Crippen LogP contribution < -0.4 is 4.90 Å². The zero-order chi connectivity index (χ0) is 32.3. The highest BCUT2D eigenvalue weighted by Crippen LogP contribution is 2.45. The molecule has 10 aromatic rings. The summed E-state index contributed by atoms with van der Waals surface area (Å²) in [5.74, 6) is 0. The van der Waals surface area contributed by atoms with E-state index in [1.165, 1.54) is 73.4 Å². The van der Waals surface area contributed by atoms with Crippen LogP contribution >= 0.6 is 22.7 Å². The minimum absolute atomic E-state index is 1.12. The number of thiophene rings is 2. The van der Waals surface area contributed by atoms with Gasteiger partial charge in [0.15, 0.2) is 0 Å². The number of rotatable bonds is 5. The Hall–Kier alpha value is -5.74. The van der Waals surface area contributed by atoms with Crippen LogP contribution in [0.5, 0.6) is 0 Å². The molecule has 8 aromatic carbocycles. The summed E-state index contributed by atoms with van der Waals surface area (Å²) in [5, 5.41) is 7.75. The van der Waals surface area contributed by atoms with Gasteiger partial charge in [0.25, 0.3) is 0 Å². The topological polar surface area (TPSA) is 3.24 Å². The second-order valence-electron chi connectivity index (χ2n) is 12.5. The van der Waals surface area contributed by atoms with Crippen LogP contribution in [-0.4, -0.2) is 0 Å². The first-order valence-corrected chi connectivity index (χ1v) is 18.2. The molecule has 10 rings (SSSR count). The van der Waals surface area contributed by atoms with E-state index in [1.807, 2.05) is 22.7 Å². The van der Waals surface area contributed by atoms with E-state index in [-0.39, 0.29) is 0 Å². The zero-order valence-corrected chi connectivity index (χ0v) is 28.1. The summed E-state index contributed by atoms with van der Waals surface area (Å²) in [6.45, 7) is 0. The fourth-order valence-electron chi connectivity index (χ4n) is 7.35. The second-order valence-corrected chi connectivity index (χ2v) is 14.7. The predicted octanol–water partition coefficient (Wildman–Crippen LogP) is 14.4. The van der Waals surface area contributed by atoms with Crippen molar-refractivity contribution < 1.29 is 0 Å². The molecule has 0 atom stereocenters. The highest BCUT2D eigenvalue weighted by Gasteiger charge is 2.19. The van der Waals surface area contributed by atoms with Crippen molar-refractivity contribution in [3.8, 4) is 22.3 Å². The van der Waals surface area contributed by atoms with Crippen LogP contribution in [0.3, 0.4) is 0 Å². The van der Waals surface area contributed by atoms with Gasteiger partial charge in [-0.2, -0.15) is 0 Å². The van der Waals surface area contributed by atoms with Gasteiger partial charge in [-0.25, -0.2) is 0 Å². The third-order valence-corrected chi connectivity index (χ3v) is 12.0. The molecule has 0 fully saturated rings. The van der Waals surface area contributed by atoms with E-state index in [4.69, 9.17) is 0 Å². The van der Waals surface area contributed by atoms with Crippen molar-refractivity contribution in [3.63, 3.8) is 0 Å². The van der Waals surface area contributed by atoms with Crippen LogP contribution in [0.1, 0.15) is 0 Å². The van der Waals surface area contributed by atoms with E-state index >= 15 is 0 Å². The smallest absolute Gasteiger partial charge is 0.0540 e. The molecule has 2 heterocycles. The van der Waals surface area contributed by atoms with Crippen LogP contribution in [0.4, 0.5) is 17.1 Å². The lowest BCUT2D eigenvalue weighted by molar-refractivity contribution is 1.29. The number of para-hydroxylation sites is 1. The lowest BCUT2D eigenvalue weighted by atomic mass is 9.97. The Bertz CT molecular complexity index is 2830. The number of nitrogens with zero attached hydrogens (tertiary/aromatic N) is 1. The molecule has 0 bridgehead atoms. The van der Waals surface area contributed by atoms with E-state index in [0.29, 0.717) is 0 Å². The monoisotopic (exact) mass is 659 g/mol. The van der Waals surface area contributed by atoms with Crippen LogP contribution in [0, 0.1) is 0 Å². The summed E-state index contributed by atoms with van der Waals surface area (Å²) >= 11 is 3.72. The SMILES string of the molecule is c1ccc(N(c2ccc(-c3cccc4ccccc34)cc2)c2ccc3sc4ccccc4c3c2)c(-c2ccc3sc4ccccc4c3c2)c1. The largest absolute Gasteiger partial charge is 0.310 e. The molecular formula is C46H29NS2. The average Bonchev–Trinajstić information content (AvgIpc) is 3.73. The maximum absolute atomic E-state index is 2.43. The van der Waals surface area contributed by atoms with Crippen molar-refractivity contribution in [2.45, 2.75) is 0 Å². The molecule has 49 heavy (non-hydrogen) atoms. The van der Waals surface area contributed by atoms with E-state index in [9.17, 15) is 0 Å². The van der Waals surface area contributed by atoms with Crippen molar-refractivity contribution in [2.75, 3.05) is 4.90 Å². The molecule has 0 saturated carbocycles. The molecule has 0 spiro atoms. The van der Waals surface area contributed by atoms with Gasteiger partial charge in [-0.3, -0.25) is 0 Å². The maximum Gasteiger partial charge on any atom is 0.0540 e. The Morgan fingerprint density at radius 1 is 0.327 bits per heavy atom. The molecule has 230 valence electrons. The predicted molar refractivity (Wildman–Crippen MR) is 215 cm³/mol. The molecule has 0 aliphatic heterocycles. The van der Waals surface area contributed by atoms with Crippen molar-refractivity contribution in [1.82, 2.24) is 0 Å². The third-order valence-electron chi connectivity index (χ3n) is 9.68. The molecule has 0 N–H and O–H groups in total.